The van der Waals surface area contributed by atoms with Crippen molar-refractivity contribution in [1.82, 2.24) is 29.9 Å². The molecule has 1 atom stereocenters. The van der Waals surface area contributed by atoms with Crippen molar-refractivity contribution in [3.63, 3.8) is 0 Å². The predicted molar refractivity (Wildman–Crippen MR) is 233 cm³/mol. The first-order chi connectivity index (χ1) is 30.2. The van der Waals surface area contributed by atoms with E-state index in [-0.39, 0.29) is 35.6 Å². The molecule has 0 bridgehead atoms. The molecule has 1 aliphatic carbocycles. The predicted octanol–water partition coefficient (Wildman–Crippen LogP) is 4.42. The normalized spacial score (nSPS) is 23.8. The van der Waals surface area contributed by atoms with Crippen LogP contribution in [0.3, 0.4) is 0 Å². The van der Waals surface area contributed by atoms with Crippen molar-refractivity contribution < 1.29 is 28.7 Å². The summed E-state index contributed by atoms with van der Waals surface area (Å²) in [5, 5.41) is 18.5. The van der Waals surface area contributed by atoms with Gasteiger partial charge in [-0.05, 0) is 92.7 Å². The smallest absolute Gasteiger partial charge is 0.269 e. The lowest BCUT2D eigenvalue weighted by atomic mass is 9.48. The van der Waals surface area contributed by atoms with Crippen LogP contribution in [0.2, 0.25) is 0 Å². The molecule has 16 heteroatoms. The Morgan fingerprint density at radius 3 is 2.25 bits per heavy atom. The Morgan fingerprint density at radius 1 is 0.841 bits per heavy atom. The summed E-state index contributed by atoms with van der Waals surface area (Å²) in [5.41, 5.74) is 6.41. The highest BCUT2D eigenvalue weighted by Crippen LogP contribution is 2.59. The number of ether oxygens (including phenoxy) is 1. The number of hydrogen-bond acceptors (Lipinski definition) is 13. The van der Waals surface area contributed by atoms with E-state index < -0.39 is 52.6 Å². The summed E-state index contributed by atoms with van der Waals surface area (Å²) in [6.45, 7) is 13.9. The first-order valence-electron chi connectivity index (χ1n) is 21.9. The standard InChI is InChI=1S/C47H52N10O6/c1-46(2)44(47(3,4)45(46)63-36-12-7-29(27-48)39-32(36)6-5-18-50-39)57-38(58)14-11-35(43(57)62)56-41(60)31-9-8-30(26-33(31)42(56)61)54-24-22-53(23-25-54)19-15-28-16-20-55(21-17-28)37-13-10-34(40(49)59)51-52-37/h5-10,12-13,18,26,28,35,44-45H,11,14-17,19-25H2,1-4H3,(H2,49,59). The number of likely N-dealkylation sites (tertiary alicyclic amines) is 1. The fourth-order valence-corrected chi connectivity index (χ4v) is 11.2. The molecule has 9 rings (SSSR count). The number of rotatable bonds is 10. The van der Waals surface area contributed by atoms with Gasteiger partial charge < -0.3 is 20.3 Å². The zero-order valence-corrected chi connectivity index (χ0v) is 36.1. The van der Waals surface area contributed by atoms with Gasteiger partial charge in [-0.25, -0.2) is 0 Å². The van der Waals surface area contributed by atoms with E-state index in [1.54, 1.807) is 48.7 Å². The van der Waals surface area contributed by atoms with Gasteiger partial charge in [-0.15, -0.1) is 10.2 Å². The van der Waals surface area contributed by atoms with Crippen LogP contribution in [0.25, 0.3) is 10.9 Å². The largest absolute Gasteiger partial charge is 0.488 e. The molecule has 5 aliphatic rings. The van der Waals surface area contributed by atoms with E-state index in [0.29, 0.717) is 28.1 Å². The van der Waals surface area contributed by atoms with E-state index in [2.05, 4.69) is 36.0 Å². The topological polar surface area (TPSA) is 199 Å². The molecule has 2 aromatic heterocycles. The fourth-order valence-electron chi connectivity index (χ4n) is 11.2. The number of primary amides is 1. The number of nitrogens with two attached hydrogens (primary N) is 1. The molecule has 2 aromatic carbocycles. The zero-order chi connectivity index (χ0) is 44.4. The molecule has 1 saturated carbocycles. The van der Waals surface area contributed by atoms with Gasteiger partial charge in [0.25, 0.3) is 23.6 Å². The minimum Gasteiger partial charge on any atom is -0.488 e. The van der Waals surface area contributed by atoms with Crippen LogP contribution < -0.4 is 20.3 Å². The molecule has 326 valence electrons. The number of nitriles is 1. The third kappa shape index (κ3) is 7.21. The lowest BCUT2D eigenvalue weighted by Crippen LogP contribution is -2.77. The van der Waals surface area contributed by atoms with Crippen LogP contribution in [0.5, 0.6) is 5.75 Å². The van der Waals surface area contributed by atoms with Crippen molar-refractivity contribution in [3.8, 4) is 11.8 Å². The molecule has 1 unspecified atom stereocenters. The van der Waals surface area contributed by atoms with Gasteiger partial charge in [-0.1, -0.05) is 27.7 Å². The molecule has 4 aromatic rings. The highest BCUT2D eigenvalue weighted by atomic mass is 16.5. The van der Waals surface area contributed by atoms with E-state index in [4.69, 9.17) is 10.5 Å². The second-order valence-corrected chi connectivity index (χ2v) is 18.7. The van der Waals surface area contributed by atoms with Crippen molar-refractivity contribution >= 4 is 51.9 Å². The molecular formula is C47H52N10O6. The van der Waals surface area contributed by atoms with Crippen LogP contribution in [0.1, 0.15) is 96.6 Å². The van der Waals surface area contributed by atoms with Gasteiger partial charge >= 0.3 is 0 Å². The van der Waals surface area contributed by atoms with Crippen LogP contribution in [0.15, 0.2) is 60.8 Å². The second kappa shape index (κ2) is 16.0. The quantitative estimate of drug-likeness (QED) is 0.220. The van der Waals surface area contributed by atoms with Gasteiger partial charge in [0.15, 0.2) is 11.5 Å². The molecule has 0 radical (unpaired) electrons. The molecule has 4 aliphatic heterocycles. The summed E-state index contributed by atoms with van der Waals surface area (Å²) in [6, 6.07) is 16.3. The van der Waals surface area contributed by atoms with Crippen LogP contribution in [-0.4, -0.2) is 123 Å². The number of nitrogens with zero attached hydrogens (tertiary/aromatic N) is 9. The van der Waals surface area contributed by atoms with E-state index in [1.165, 1.54) is 4.90 Å². The Bertz CT molecular complexity index is 2540. The third-order valence-electron chi connectivity index (χ3n) is 14.2. The van der Waals surface area contributed by atoms with Gasteiger partial charge in [0.2, 0.25) is 5.91 Å². The summed E-state index contributed by atoms with van der Waals surface area (Å²) in [5.74, 6) is -0.584. The third-order valence-corrected chi connectivity index (χ3v) is 14.2. The Morgan fingerprint density at radius 2 is 1.57 bits per heavy atom. The minimum atomic E-state index is -1.11. The number of piperidine rings is 2. The number of pyridine rings is 1. The molecule has 16 nitrogen and oxygen atoms in total. The summed E-state index contributed by atoms with van der Waals surface area (Å²) < 4.78 is 6.68. The molecule has 4 fully saturated rings. The molecule has 2 N–H and O–H groups in total. The van der Waals surface area contributed by atoms with Crippen molar-refractivity contribution in [2.24, 2.45) is 22.5 Å². The van der Waals surface area contributed by atoms with Crippen molar-refractivity contribution in [2.45, 2.75) is 78.0 Å². The monoisotopic (exact) mass is 852 g/mol. The maximum atomic E-state index is 14.5. The lowest BCUT2D eigenvalue weighted by molar-refractivity contribution is -0.215. The highest BCUT2D eigenvalue weighted by Gasteiger charge is 2.68. The molecule has 0 spiro atoms. The van der Waals surface area contributed by atoms with Crippen molar-refractivity contribution in [1.29, 1.82) is 5.26 Å². The van der Waals surface area contributed by atoms with Gasteiger partial charge in [0.05, 0.1) is 28.2 Å². The number of piperazine rings is 1. The number of carbonyl (C=O) groups is 5. The summed E-state index contributed by atoms with van der Waals surface area (Å²) >= 11 is 0. The number of aromatic nitrogens is 3. The Kier molecular flexibility index (Phi) is 10.6. The van der Waals surface area contributed by atoms with Crippen LogP contribution in [0, 0.1) is 28.1 Å². The number of fused-ring (bicyclic) bond motifs is 2. The molecule has 3 saturated heterocycles. The van der Waals surface area contributed by atoms with Crippen LogP contribution in [0.4, 0.5) is 11.5 Å². The van der Waals surface area contributed by atoms with E-state index >= 15 is 0 Å². The van der Waals surface area contributed by atoms with Gasteiger partial charge in [-0.3, -0.25) is 43.7 Å². The van der Waals surface area contributed by atoms with E-state index in [9.17, 15) is 29.2 Å². The average Bonchev–Trinajstić information content (AvgIpc) is 3.53. The summed E-state index contributed by atoms with van der Waals surface area (Å²) in [6.07, 6.45) is 4.49. The summed E-state index contributed by atoms with van der Waals surface area (Å²) in [7, 11) is 0. The van der Waals surface area contributed by atoms with Gasteiger partial charge in [-0.2, -0.15) is 5.26 Å². The Balaban J connectivity index is 0.815. The maximum Gasteiger partial charge on any atom is 0.269 e. The summed E-state index contributed by atoms with van der Waals surface area (Å²) in [4.78, 5) is 81.5. The maximum absolute atomic E-state index is 14.5. The minimum absolute atomic E-state index is 0.0158. The Labute approximate surface area is 365 Å². The first-order valence-corrected chi connectivity index (χ1v) is 21.9. The zero-order valence-electron chi connectivity index (χ0n) is 36.1. The van der Waals surface area contributed by atoms with E-state index in [1.807, 2.05) is 39.8 Å². The number of imide groups is 2. The molecule has 5 amide bonds. The lowest BCUT2D eigenvalue weighted by Gasteiger charge is -2.66. The van der Waals surface area contributed by atoms with Gasteiger partial charge in [0.1, 0.15) is 24.0 Å². The molecule has 6 heterocycles. The second-order valence-electron chi connectivity index (χ2n) is 18.7. The number of carbonyl (C=O) groups excluding carboxylic acids is 5. The number of amides is 5. The van der Waals surface area contributed by atoms with Crippen molar-refractivity contribution in [2.75, 3.05) is 55.6 Å². The van der Waals surface area contributed by atoms with Crippen LogP contribution in [-0.2, 0) is 9.59 Å². The molecular weight excluding hydrogens is 801 g/mol. The fraction of sp³-hybridized carbons (Fsp3) is 0.468. The van der Waals surface area contributed by atoms with Crippen molar-refractivity contribution in [3.05, 3.63) is 83.2 Å². The molecule has 63 heavy (non-hydrogen) atoms. The Hall–Kier alpha value is -6.47. The number of anilines is 2. The van der Waals surface area contributed by atoms with Gasteiger partial charge in [0, 0.05) is 73.8 Å². The van der Waals surface area contributed by atoms with E-state index in [0.717, 1.165) is 81.5 Å². The highest BCUT2D eigenvalue weighted by molar-refractivity contribution is 6.23. The number of hydrogen-bond donors (Lipinski definition) is 1. The van der Waals surface area contributed by atoms with Crippen LogP contribution >= 0.6 is 0 Å². The SMILES string of the molecule is CC1(C)C(Oc2ccc(C#N)c3ncccc23)C(C)(C)C1N1C(=O)CCC(N2C(=O)c3ccc(N4CCN(CCC5CCN(c6ccc(C(N)=O)nn6)CC5)CC4)cc3C2=O)C1=O. The number of benzene rings is 2. The average molecular weight is 853 g/mol. The first kappa shape index (κ1) is 41.9.